The van der Waals surface area contributed by atoms with Gasteiger partial charge in [-0.15, -0.1) is 0 Å². The van der Waals surface area contributed by atoms with Crippen LogP contribution in [0, 0.1) is 0 Å². The van der Waals surface area contributed by atoms with Gasteiger partial charge in [-0.25, -0.2) is 9.80 Å². The molecule has 3 rings (SSSR count). The van der Waals surface area contributed by atoms with Crippen molar-refractivity contribution in [2.45, 2.75) is 0 Å². The average Bonchev–Trinajstić information content (AvgIpc) is 2.90. The average molecular weight is 352 g/mol. The van der Waals surface area contributed by atoms with Gasteiger partial charge in [0.2, 0.25) is 0 Å². The molecule has 1 aliphatic heterocycles. The molecule has 24 heavy (non-hydrogen) atoms. The van der Waals surface area contributed by atoms with Crippen molar-refractivity contribution in [3.8, 4) is 11.5 Å². The van der Waals surface area contributed by atoms with Crippen molar-refractivity contribution in [1.82, 2.24) is 9.38 Å². The van der Waals surface area contributed by atoms with Crippen LogP contribution in [0.1, 0.15) is 10.4 Å². The van der Waals surface area contributed by atoms with E-state index in [4.69, 9.17) is 9.84 Å². The van der Waals surface area contributed by atoms with E-state index in [0.717, 1.165) is 11.5 Å². The number of aromatic hydroxyl groups is 2. The van der Waals surface area contributed by atoms with Crippen LogP contribution in [-0.4, -0.2) is 57.0 Å². The van der Waals surface area contributed by atoms with Crippen molar-refractivity contribution in [3.05, 3.63) is 23.8 Å². The molecule has 1 aromatic heterocycles. The highest BCUT2D eigenvalue weighted by atomic mass is 32.1. The van der Waals surface area contributed by atoms with E-state index in [1.807, 2.05) is 5.01 Å². The Morgan fingerprint density at radius 3 is 2.75 bits per heavy atom. The second-order valence-corrected chi connectivity index (χ2v) is 5.86. The second-order valence-electron chi connectivity index (χ2n) is 5.08. The highest BCUT2D eigenvalue weighted by molar-refractivity contribution is 7.11. The zero-order valence-electron chi connectivity index (χ0n) is 12.5. The van der Waals surface area contributed by atoms with E-state index in [1.165, 1.54) is 18.2 Å². The number of anilines is 3. The maximum absolute atomic E-state index is 11.0. The van der Waals surface area contributed by atoms with E-state index in [9.17, 15) is 15.0 Å². The number of ether oxygens (including phenoxy) is 1. The molecule has 1 aliphatic rings. The number of rotatable bonds is 5. The molecule has 2 heterocycles. The summed E-state index contributed by atoms with van der Waals surface area (Å²) in [7, 11) is 0. The summed E-state index contributed by atoms with van der Waals surface area (Å²) >= 11 is 1.04. The molecule has 1 saturated heterocycles. The van der Waals surface area contributed by atoms with Crippen LogP contribution in [0.15, 0.2) is 18.2 Å². The lowest BCUT2D eigenvalue weighted by Gasteiger charge is -2.26. The largest absolute Gasteiger partial charge is 0.507 e. The van der Waals surface area contributed by atoms with Crippen LogP contribution in [0.3, 0.4) is 0 Å². The lowest BCUT2D eigenvalue weighted by molar-refractivity contribution is 0.0494. The summed E-state index contributed by atoms with van der Waals surface area (Å²) in [5.41, 5.74) is 3.21. The van der Waals surface area contributed by atoms with E-state index in [1.54, 1.807) is 0 Å². The molecule has 0 unspecified atom stereocenters. The maximum Gasteiger partial charge on any atom is 0.339 e. The van der Waals surface area contributed by atoms with E-state index in [0.29, 0.717) is 42.8 Å². The number of carbonyl (C=O) groups is 1. The minimum absolute atomic E-state index is 0.0589. The summed E-state index contributed by atoms with van der Waals surface area (Å²) in [6, 6.07) is 4.07. The molecule has 0 radical (unpaired) electrons. The molecule has 9 nitrogen and oxygen atoms in total. The number of carboxylic acid groups (broad SMARTS) is 1. The van der Waals surface area contributed by atoms with Crippen LogP contribution in [0.4, 0.5) is 16.5 Å². The summed E-state index contributed by atoms with van der Waals surface area (Å²) < 4.78 is 9.40. The molecule has 0 aliphatic carbocycles. The topological polar surface area (TPSA) is 127 Å². The van der Waals surface area contributed by atoms with E-state index in [-0.39, 0.29) is 17.1 Å². The van der Waals surface area contributed by atoms with Crippen LogP contribution >= 0.6 is 11.5 Å². The van der Waals surface area contributed by atoms with Gasteiger partial charge in [0.15, 0.2) is 16.6 Å². The molecular weight excluding hydrogens is 336 g/mol. The second kappa shape index (κ2) is 6.91. The van der Waals surface area contributed by atoms with Gasteiger partial charge in [0.05, 0.1) is 13.2 Å². The first kappa shape index (κ1) is 16.3. The quantitative estimate of drug-likeness (QED) is 0.510. The Morgan fingerprint density at radius 1 is 1.29 bits per heavy atom. The fraction of sp³-hybridized carbons (Fsp3) is 0.286. The number of nitrogens with zero attached hydrogens (tertiary/aromatic N) is 2. The summed E-state index contributed by atoms with van der Waals surface area (Å²) in [5, 5.41) is 34.0. The van der Waals surface area contributed by atoms with Gasteiger partial charge < -0.3 is 25.4 Å². The van der Waals surface area contributed by atoms with Crippen molar-refractivity contribution in [2.24, 2.45) is 0 Å². The Morgan fingerprint density at radius 2 is 2.04 bits per heavy atom. The van der Waals surface area contributed by atoms with Crippen LogP contribution in [0.2, 0.25) is 0 Å². The Labute approximate surface area is 141 Å². The molecule has 0 saturated carbocycles. The number of nitrogens with one attached hydrogen (secondary N) is 2. The molecule has 0 bridgehead atoms. The first-order valence-corrected chi connectivity index (χ1v) is 7.93. The first-order valence-electron chi connectivity index (χ1n) is 7.16. The van der Waals surface area contributed by atoms with Gasteiger partial charge >= 0.3 is 5.97 Å². The van der Waals surface area contributed by atoms with E-state index in [2.05, 4.69) is 15.1 Å². The molecule has 2 aromatic rings. The molecule has 128 valence electrons. The van der Waals surface area contributed by atoms with Gasteiger partial charge in [0.1, 0.15) is 11.3 Å². The third kappa shape index (κ3) is 3.50. The van der Waals surface area contributed by atoms with Crippen molar-refractivity contribution < 1.29 is 24.9 Å². The molecule has 10 heteroatoms. The number of hydrazine groups is 1. The van der Waals surface area contributed by atoms with Crippen molar-refractivity contribution in [1.29, 1.82) is 0 Å². The van der Waals surface area contributed by atoms with Crippen LogP contribution in [0.5, 0.6) is 11.5 Å². The zero-order valence-corrected chi connectivity index (χ0v) is 13.3. The van der Waals surface area contributed by atoms with Gasteiger partial charge in [-0.1, -0.05) is 0 Å². The van der Waals surface area contributed by atoms with Gasteiger partial charge in [-0.05, 0) is 29.7 Å². The Balaban J connectivity index is 1.74. The summed E-state index contributed by atoms with van der Waals surface area (Å²) in [6.45, 7) is 2.57. The number of phenols is 1. The standard InChI is InChI=1S/C14H16N4O5S/c19-10-2-1-8(7-9(10)14(21)22)15-13-11(20)12(17-24-13)16-18-3-5-23-6-4-18/h1-2,7,15,19-20H,3-6H2,(H,16,17)(H,21,22). The van der Waals surface area contributed by atoms with Gasteiger partial charge in [0, 0.05) is 18.8 Å². The van der Waals surface area contributed by atoms with Crippen molar-refractivity contribution in [2.75, 3.05) is 37.0 Å². The van der Waals surface area contributed by atoms with Gasteiger partial charge in [-0.2, -0.15) is 4.37 Å². The SMILES string of the molecule is O=C(O)c1cc(Nc2snc(NN3CCOCC3)c2O)ccc1O. The Hall–Kier alpha value is -2.56. The molecule has 0 spiro atoms. The number of hydrogen-bond acceptors (Lipinski definition) is 9. The summed E-state index contributed by atoms with van der Waals surface area (Å²) in [6.07, 6.45) is 0. The molecule has 0 amide bonds. The van der Waals surface area contributed by atoms with Gasteiger partial charge in [0.25, 0.3) is 0 Å². The third-order valence-corrected chi connectivity index (χ3v) is 4.18. The number of carboxylic acids is 1. The predicted molar refractivity (Wildman–Crippen MR) is 88.1 cm³/mol. The fourth-order valence-electron chi connectivity index (χ4n) is 2.18. The zero-order chi connectivity index (χ0) is 17.1. The first-order chi connectivity index (χ1) is 11.5. The number of hydrogen-bond donors (Lipinski definition) is 5. The highest BCUT2D eigenvalue weighted by Gasteiger charge is 2.18. The van der Waals surface area contributed by atoms with Crippen LogP contribution in [-0.2, 0) is 4.74 Å². The minimum Gasteiger partial charge on any atom is -0.507 e. The third-order valence-electron chi connectivity index (χ3n) is 3.43. The number of benzene rings is 1. The maximum atomic E-state index is 11.0. The minimum atomic E-state index is -1.24. The molecule has 1 fully saturated rings. The van der Waals surface area contributed by atoms with Crippen LogP contribution in [0.25, 0.3) is 0 Å². The smallest absolute Gasteiger partial charge is 0.339 e. The molecule has 5 N–H and O–H groups in total. The van der Waals surface area contributed by atoms with E-state index < -0.39 is 5.97 Å². The molecule has 1 aromatic carbocycles. The normalized spacial score (nSPS) is 15.2. The van der Waals surface area contributed by atoms with Crippen LogP contribution < -0.4 is 10.7 Å². The summed E-state index contributed by atoms with van der Waals surface area (Å²) in [4.78, 5) is 11.0. The molecular formula is C14H16N4O5S. The number of morpholine rings is 1. The Kier molecular flexibility index (Phi) is 4.69. The number of aromatic nitrogens is 1. The monoisotopic (exact) mass is 352 g/mol. The van der Waals surface area contributed by atoms with Crippen molar-refractivity contribution >= 4 is 34.0 Å². The van der Waals surface area contributed by atoms with Gasteiger partial charge in [-0.3, -0.25) is 5.43 Å². The lowest BCUT2D eigenvalue weighted by Crippen LogP contribution is -2.40. The Bertz CT molecular complexity index is 745. The molecule has 0 atom stereocenters. The highest BCUT2D eigenvalue weighted by Crippen LogP contribution is 2.38. The fourth-order valence-corrected chi connectivity index (χ4v) is 2.84. The lowest BCUT2D eigenvalue weighted by atomic mass is 10.2. The number of aromatic carboxylic acids is 1. The predicted octanol–water partition coefficient (Wildman–Crippen LogP) is 1.66. The van der Waals surface area contributed by atoms with E-state index >= 15 is 0 Å². The van der Waals surface area contributed by atoms with Crippen molar-refractivity contribution in [3.63, 3.8) is 0 Å². The summed E-state index contributed by atoms with van der Waals surface area (Å²) in [5.74, 6) is -1.30.